The predicted molar refractivity (Wildman–Crippen MR) is 295 cm³/mol. The second-order valence-electron chi connectivity index (χ2n) is 19.8. The number of amides is 4. The number of anilines is 2. The molecule has 2 aliphatic rings. The summed E-state index contributed by atoms with van der Waals surface area (Å²) >= 11 is 6.46. The monoisotopic (exact) mass is 1040 g/mol. The van der Waals surface area contributed by atoms with Crippen molar-refractivity contribution in [1.82, 2.24) is 30.4 Å². The van der Waals surface area contributed by atoms with E-state index in [0.29, 0.717) is 43.5 Å². The van der Waals surface area contributed by atoms with Gasteiger partial charge in [-0.1, -0.05) is 45.5 Å². The van der Waals surface area contributed by atoms with Crippen LogP contribution in [0.3, 0.4) is 0 Å². The lowest BCUT2D eigenvalue weighted by atomic mass is 10.0. The maximum Gasteiger partial charge on any atom is 0.410 e. The first kappa shape index (κ1) is 55.3. The smallest absolute Gasteiger partial charge is 0.410 e. The molecule has 384 valence electrons. The molecule has 2 aromatic carbocycles. The number of nitrogens with one attached hydrogen (secondary N) is 4. The third-order valence-electron chi connectivity index (χ3n) is 11.9. The molecule has 6 aromatic rings. The Morgan fingerprint density at radius 2 is 1.30 bits per heavy atom. The van der Waals surface area contributed by atoms with Gasteiger partial charge in [-0.25, -0.2) is 19.6 Å². The molecule has 14 nitrogen and oxygen atoms in total. The van der Waals surface area contributed by atoms with Crippen molar-refractivity contribution in [2.24, 2.45) is 0 Å². The van der Waals surface area contributed by atoms with Crippen molar-refractivity contribution in [1.29, 1.82) is 0 Å². The molecule has 0 spiro atoms. The summed E-state index contributed by atoms with van der Waals surface area (Å²) in [5.74, 6) is -0.137. The summed E-state index contributed by atoms with van der Waals surface area (Å²) in [5.41, 5.74) is 5.21. The van der Waals surface area contributed by atoms with Crippen LogP contribution >= 0.6 is 45.3 Å². The van der Waals surface area contributed by atoms with Crippen molar-refractivity contribution in [2.45, 2.75) is 152 Å². The number of para-hydroxylation sites is 2. The SMILES string of the molecule is C.CCC(C)N(CCC(=O)Nc1sc2c(c1-c1nc3ccccc3s1)CCN(C(=O)OC(C)(C)C)C2)C(=O)OC(C)(C)C.CCC(C)NCCC(=O)Nc1sc2c(c1-c1nc3ccccc3s1)CCNC2. The zero-order chi connectivity index (χ0) is 50.3. The van der Waals surface area contributed by atoms with E-state index >= 15 is 0 Å². The number of fused-ring (bicyclic) bond motifs is 4. The van der Waals surface area contributed by atoms with Crippen LogP contribution < -0.4 is 21.3 Å². The van der Waals surface area contributed by atoms with E-state index in [9.17, 15) is 19.2 Å². The Hall–Kier alpha value is -4.98. The van der Waals surface area contributed by atoms with Gasteiger partial charge in [0.05, 0.1) is 27.0 Å². The van der Waals surface area contributed by atoms with Gasteiger partial charge in [0.1, 0.15) is 31.2 Å². The number of thiazole rings is 2. The third-order valence-corrected chi connectivity index (χ3v) is 16.3. The third kappa shape index (κ3) is 14.4. The number of hydrogen-bond donors (Lipinski definition) is 4. The van der Waals surface area contributed by atoms with E-state index in [-0.39, 0.29) is 44.3 Å². The molecule has 4 N–H and O–H groups in total. The largest absolute Gasteiger partial charge is 0.444 e. The molecular formula is C53H72N8O6S4. The first-order valence-corrected chi connectivity index (χ1v) is 27.6. The standard InChI is InChI=1S/C31H42N4O5S2.C21H26N4OS2.CH4/c1-9-19(2)35(29(38)40-31(6,7)8)17-15-24(36)33-27-25(26-32-21-12-10-11-13-22(21)41-26)20-14-16-34(18-23(20)42-27)28(37)39-30(3,4)5;1-3-13(2)23-11-9-18(26)25-21-19(14-8-10-22-12-17(14)28-21)20-24-15-6-4-5-7-16(15)27-20;/h10-13,19H,9,14-18H2,1-8H3,(H,33,36);4-7,13,22-23H,3,8-12H2,1-2H3,(H,25,26);1H4. The van der Waals surface area contributed by atoms with Crippen LogP contribution in [-0.4, -0.2) is 93.2 Å². The van der Waals surface area contributed by atoms with E-state index in [2.05, 4.69) is 47.2 Å². The zero-order valence-electron chi connectivity index (χ0n) is 42.1. The first-order valence-electron chi connectivity index (χ1n) is 24.3. The van der Waals surface area contributed by atoms with E-state index in [0.717, 1.165) is 84.7 Å². The molecule has 0 radical (unpaired) electrons. The fourth-order valence-corrected chi connectivity index (χ4v) is 12.8. The highest BCUT2D eigenvalue weighted by Crippen LogP contribution is 2.47. The van der Waals surface area contributed by atoms with E-state index in [4.69, 9.17) is 19.4 Å². The average Bonchev–Trinajstić information content (AvgIpc) is 4.09. The molecule has 0 aliphatic carbocycles. The van der Waals surface area contributed by atoms with Gasteiger partial charge in [0.25, 0.3) is 0 Å². The summed E-state index contributed by atoms with van der Waals surface area (Å²) in [7, 11) is 0. The van der Waals surface area contributed by atoms with Gasteiger partial charge in [-0.2, -0.15) is 0 Å². The molecule has 18 heteroatoms. The molecule has 2 aliphatic heterocycles. The van der Waals surface area contributed by atoms with Crippen LogP contribution in [0.2, 0.25) is 0 Å². The molecule has 0 fully saturated rings. The lowest BCUT2D eigenvalue weighted by Gasteiger charge is -2.31. The Labute approximate surface area is 435 Å². The number of hydrogen-bond acceptors (Lipinski definition) is 14. The minimum absolute atomic E-state index is 0. The van der Waals surface area contributed by atoms with Crippen molar-refractivity contribution < 1.29 is 28.7 Å². The normalized spacial score (nSPS) is 14.3. The Morgan fingerprint density at radius 1 is 0.746 bits per heavy atom. The van der Waals surface area contributed by atoms with Crippen molar-refractivity contribution >= 4 is 99.8 Å². The van der Waals surface area contributed by atoms with Crippen molar-refractivity contribution in [3.8, 4) is 21.1 Å². The molecule has 4 amide bonds. The lowest BCUT2D eigenvalue weighted by Crippen LogP contribution is -2.43. The number of carbonyl (C=O) groups is 4. The zero-order valence-corrected chi connectivity index (χ0v) is 45.4. The summed E-state index contributed by atoms with van der Waals surface area (Å²) in [6, 6.07) is 16.6. The predicted octanol–water partition coefficient (Wildman–Crippen LogP) is 12.7. The highest BCUT2D eigenvalue weighted by molar-refractivity contribution is 7.23. The quantitative estimate of drug-likeness (QED) is 0.0824. The van der Waals surface area contributed by atoms with Crippen LogP contribution in [0, 0.1) is 0 Å². The Bertz CT molecular complexity index is 2730. The lowest BCUT2D eigenvalue weighted by molar-refractivity contribution is -0.117. The van der Waals surface area contributed by atoms with Crippen LogP contribution in [0.25, 0.3) is 41.6 Å². The summed E-state index contributed by atoms with van der Waals surface area (Å²) in [6.45, 7) is 23.0. The maximum atomic E-state index is 13.3. The molecule has 0 saturated carbocycles. The fourth-order valence-electron chi connectivity index (χ4n) is 8.02. The molecule has 2 unspecified atom stereocenters. The second-order valence-corrected chi connectivity index (χ2v) is 24.0. The van der Waals surface area contributed by atoms with Gasteiger partial charge in [-0.15, -0.1) is 45.3 Å². The number of aromatic nitrogens is 2. The number of thiophene rings is 2. The number of carbonyl (C=O) groups excluding carboxylic acids is 4. The van der Waals surface area contributed by atoms with Crippen molar-refractivity contribution in [3.05, 3.63) is 69.4 Å². The highest BCUT2D eigenvalue weighted by atomic mass is 32.1. The van der Waals surface area contributed by atoms with Gasteiger partial charge in [0.2, 0.25) is 11.8 Å². The topological polar surface area (TPSA) is 167 Å². The van der Waals surface area contributed by atoms with Gasteiger partial charge < -0.3 is 40.5 Å². The van der Waals surface area contributed by atoms with Crippen LogP contribution in [0.5, 0.6) is 0 Å². The molecular weight excluding hydrogens is 973 g/mol. The minimum Gasteiger partial charge on any atom is -0.444 e. The molecule has 4 aromatic heterocycles. The van der Waals surface area contributed by atoms with Gasteiger partial charge in [0.15, 0.2) is 0 Å². The van der Waals surface area contributed by atoms with E-state index in [1.807, 2.05) is 91.8 Å². The van der Waals surface area contributed by atoms with Crippen molar-refractivity contribution in [3.63, 3.8) is 0 Å². The molecule has 0 saturated heterocycles. The maximum absolute atomic E-state index is 13.3. The van der Waals surface area contributed by atoms with Crippen LogP contribution in [-0.2, 0) is 45.0 Å². The summed E-state index contributed by atoms with van der Waals surface area (Å²) < 4.78 is 13.5. The van der Waals surface area contributed by atoms with Crippen LogP contribution in [0.4, 0.5) is 19.6 Å². The number of nitrogens with zero attached hydrogens (tertiary/aromatic N) is 4. The highest BCUT2D eigenvalue weighted by Gasteiger charge is 2.33. The fraction of sp³-hybridized carbons (Fsp3) is 0.509. The van der Waals surface area contributed by atoms with E-state index in [1.54, 1.807) is 43.8 Å². The Kier molecular flexibility index (Phi) is 18.8. The minimum atomic E-state index is -0.625. The van der Waals surface area contributed by atoms with Crippen molar-refractivity contribution in [2.75, 3.05) is 36.8 Å². The van der Waals surface area contributed by atoms with E-state index < -0.39 is 17.3 Å². The molecule has 6 heterocycles. The summed E-state index contributed by atoms with van der Waals surface area (Å²) in [5, 5.41) is 16.6. The van der Waals surface area contributed by atoms with Gasteiger partial charge in [-0.3, -0.25) is 9.59 Å². The summed E-state index contributed by atoms with van der Waals surface area (Å²) in [6.07, 6.45) is 3.24. The van der Waals surface area contributed by atoms with E-state index in [1.165, 1.54) is 26.5 Å². The van der Waals surface area contributed by atoms with Crippen LogP contribution in [0.1, 0.15) is 123 Å². The second kappa shape index (κ2) is 24.2. The van der Waals surface area contributed by atoms with Crippen LogP contribution in [0.15, 0.2) is 48.5 Å². The molecule has 0 bridgehead atoms. The molecule has 71 heavy (non-hydrogen) atoms. The average molecular weight is 1050 g/mol. The molecule has 2 atom stereocenters. The first-order chi connectivity index (χ1) is 33.3. The molecule has 8 rings (SSSR count). The number of ether oxygens (including phenoxy) is 2. The Balaban J connectivity index is 0.000000247. The Morgan fingerprint density at radius 3 is 1.85 bits per heavy atom. The van der Waals surface area contributed by atoms with Gasteiger partial charge >= 0.3 is 12.2 Å². The van der Waals surface area contributed by atoms with Gasteiger partial charge in [0, 0.05) is 72.0 Å². The summed E-state index contributed by atoms with van der Waals surface area (Å²) in [4.78, 5) is 67.1. The van der Waals surface area contributed by atoms with Gasteiger partial charge in [-0.05, 0) is 123 Å². The number of rotatable bonds is 14. The number of benzene rings is 2.